The van der Waals surface area contributed by atoms with E-state index in [0.717, 1.165) is 22.8 Å². The van der Waals surface area contributed by atoms with Crippen molar-refractivity contribution in [2.24, 2.45) is 0 Å². The van der Waals surface area contributed by atoms with Crippen LogP contribution in [0, 0.1) is 6.92 Å². The molecule has 0 unspecified atom stereocenters. The summed E-state index contributed by atoms with van der Waals surface area (Å²) in [5.74, 6) is 0.895. The summed E-state index contributed by atoms with van der Waals surface area (Å²) >= 11 is 3.61. The van der Waals surface area contributed by atoms with Crippen molar-refractivity contribution in [1.29, 1.82) is 0 Å². The monoisotopic (exact) mass is 345 g/mol. The Morgan fingerprint density at radius 1 is 1.14 bits per heavy atom. The SMILES string of the molecule is Cc1cccc(COc2ccc(CNC3CC3)cc2Br)c1. The predicted octanol–water partition coefficient (Wildman–Crippen LogP) is 4.59. The molecule has 21 heavy (non-hydrogen) atoms. The first-order chi connectivity index (χ1) is 10.2. The Labute approximate surface area is 134 Å². The molecule has 2 nitrogen and oxygen atoms in total. The van der Waals surface area contributed by atoms with E-state index in [1.165, 1.54) is 29.5 Å². The van der Waals surface area contributed by atoms with Gasteiger partial charge in [0.25, 0.3) is 0 Å². The lowest BCUT2D eigenvalue weighted by Gasteiger charge is -2.11. The largest absolute Gasteiger partial charge is 0.488 e. The standard InChI is InChI=1S/C18H20BrNO/c1-13-3-2-4-15(9-13)12-21-18-8-5-14(10-17(18)19)11-20-16-6-7-16/h2-5,8-10,16,20H,6-7,11-12H2,1H3. The van der Waals surface area contributed by atoms with E-state index in [1.54, 1.807) is 0 Å². The molecule has 0 atom stereocenters. The van der Waals surface area contributed by atoms with Gasteiger partial charge in [-0.25, -0.2) is 0 Å². The maximum Gasteiger partial charge on any atom is 0.134 e. The van der Waals surface area contributed by atoms with Gasteiger partial charge in [-0.05, 0) is 59.0 Å². The average Bonchev–Trinajstić information content (AvgIpc) is 3.28. The highest BCUT2D eigenvalue weighted by Gasteiger charge is 2.19. The van der Waals surface area contributed by atoms with E-state index in [0.29, 0.717) is 6.61 Å². The molecule has 1 N–H and O–H groups in total. The number of ether oxygens (including phenoxy) is 1. The lowest BCUT2D eigenvalue weighted by atomic mass is 10.1. The van der Waals surface area contributed by atoms with Crippen LogP contribution in [-0.2, 0) is 13.2 Å². The Bertz CT molecular complexity index is 622. The number of hydrogen-bond acceptors (Lipinski definition) is 2. The number of rotatable bonds is 6. The molecule has 1 fully saturated rings. The first kappa shape index (κ1) is 14.6. The van der Waals surface area contributed by atoms with E-state index >= 15 is 0 Å². The summed E-state index contributed by atoms with van der Waals surface area (Å²) in [7, 11) is 0. The first-order valence-corrected chi connectivity index (χ1v) is 8.20. The molecule has 2 aromatic rings. The van der Waals surface area contributed by atoms with Crippen molar-refractivity contribution in [3.63, 3.8) is 0 Å². The van der Waals surface area contributed by atoms with Crippen LogP contribution in [0.3, 0.4) is 0 Å². The molecular formula is C18H20BrNO. The molecule has 1 aliphatic rings. The smallest absolute Gasteiger partial charge is 0.134 e. The third kappa shape index (κ3) is 4.32. The maximum atomic E-state index is 5.90. The van der Waals surface area contributed by atoms with Gasteiger partial charge in [-0.3, -0.25) is 0 Å². The second-order valence-corrected chi connectivity index (χ2v) is 6.55. The number of nitrogens with one attached hydrogen (secondary N) is 1. The van der Waals surface area contributed by atoms with Gasteiger partial charge in [0.05, 0.1) is 4.47 Å². The molecule has 0 aromatic heterocycles. The van der Waals surface area contributed by atoms with Crippen LogP contribution in [0.5, 0.6) is 5.75 Å². The van der Waals surface area contributed by atoms with Crippen LogP contribution in [0.25, 0.3) is 0 Å². The van der Waals surface area contributed by atoms with Gasteiger partial charge in [0, 0.05) is 12.6 Å². The van der Waals surface area contributed by atoms with Gasteiger partial charge in [0.15, 0.2) is 0 Å². The number of aryl methyl sites for hydroxylation is 1. The zero-order valence-corrected chi connectivity index (χ0v) is 13.8. The Kier molecular flexibility index (Phi) is 4.61. The first-order valence-electron chi connectivity index (χ1n) is 7.41. The fourth-order valence-corrected chi connectivity index (χ4v) is 2.82. The van der Waals surface area contributed by atoms with Crippen LogP contribution in [0.1, 0.15) is 29.5 Å². The van der Waals surface area contributed by atoms with Gasteiger partial charge >= 0.3 is 0 Å². The van der Waals surface area contributed by atoms with Gasteiger partial charge in [0.2, 0.25) is 0 Å². The summed E-state index contributed by atoms with van der Waals surface area (Å²) in [6, 6.07) is 15.5. The van der Waals surface area contributed by atoms with Crippen LogP contribution >= 0.6 is 15.9 Å². The second-order valence-electron chi connectivity index (χ2n) is 5.70. The molecule has 0 amide bonds. The molecule has 0 heterocycles. The van der Waals surface area contributed by atoms with Gasteiger partial charge in [-0.2, -0.15) is 0 Å². The molecule has 110 valence electrons. The van der Waals surface area contributed by atoms with Crippen LogP contribution in [-0.4, -0.2) is 6.04 Å². The molecule has 0 bridgehead atoms. The van der Waals surface area contributed by atoms with Gasteiger partial charge < -0.3 is 10.1 Å². The highest BCUT2D eigenvalue weighted by molar-refractivity contribution is 9.10. The average molecular weight is 346 g/mol. The van der Waals surface area contributed by atoms with Crippen molar-refractivity contribution in [3.8, 4) is 5.75 Å². The van der Waals surface area contributed by atoms with Crippen LogP contribution < -0.4 is 10.1 Å². The molecule has 2 aromatic carbocycles. The van der Waals surface area contributed by atoms with E-state index in [-0.39, 0.29) is 0 Å². The molecule has 0 radical (unpaired) electrons. The zero-order valence-electron chi connectivity index (χ0n) is 12.2. The van der Waals surface area contributed by atoms with Crippen molar-refractivity contribution in [3.05, 3.63) is 63.6 Å². The van der Waals surface area contributed by atoms with Crippen LogP contribution in [0.15, 0.2) is 46.9 Å². The minimum atomic E-state index is 0.597. The van der Waals surface area contributed by atoms with E-state index in [1.807, 2.05) is 6.07 Å². The van der Waals surface area contributed by atoms with E-state index in [2.05, 4.69) is 64.6 Å². The topological polar surface area (TPSA) is 21.3 Å². The minimum absolute atomic E-state index is 0.597. The quantitative estimate of drug-likeness (QED) is 0.826. The number of halogens is 1. The fourth-order valence-electron chi connectivity index (χ4n) is 2.28. The number of hydrogen-bond donors (Lipinski definition) is 1. The van der Waals surface area contributed by atoms with E-state index in [9.17, 15) is 0 Å². The molecular weight excluding hydrogens is 326 g/mol. The van der Waals surface area contributed by atoms with E-state index < -0.39 is 0 Å². The van der Waals surface area contributed by atoms with Crippen LogP contribution in [0.2, 0.25) is 0 Å². The Morgan fingerprint density at radius 3 is 2.71 bits per heavy atom. The lowest BCUT2D eigenvalue weighted by molar-refractivity contribution is 0.304. The highest BCUT2D eigenvalue weighted by Crippen LogP contribution is 2.27. The summed E-state index contributed by atoms with van der Waals surface area (Å²) in [6.07, 6.45) is 2.64. The van der Waals surface area contributed by atoms with E-state index in [4.69, 9.17) is 4.74 Å². The molecule has 0 aliphatic heterocycles. The molecule has 0 spiro atoms. The third-order valence-electron chi connectivity index (χ3n) is 3.65. The van der Waals surface area contributed by atoms with Gasteiger partial charge in [-0.15, -0.1) is 0 Å². The normalized spacial score (nSPS) is 14.2. The van der Waals surface area contributed by atoms with Gasteiger partial charge in [-0.1, -0.05) is 35.9 Å². The summed E-state index contributed by atoms with van der Waals surface area (Å²) in [5, 5.41) is 3.52. The van der Waals surface area contributed by atoms with Crippen molar-refractivity contribution < 1.29 is 4.74 Å². The number of benzene rings is 2. The van der Waals surface area contributed by atoms with Crippen LogP contribution in [0.4, 0.5) is 0 Å². The second kappa shape index (κ2) is 6.63. The minimum Gasteiger partial charge on any atom is -0.488 e. The summed E-state index contributed by atoms with van der Waals surface area (Å²) in [4.78, 5) is 0. The summed E-state index contributed by atoms with van der Waals surface area (Å²) < 4.78 is 6.92. The summed E-state index contributed by atoms with van der Waals surface area (Å²) in [5.41, 5.74) is 3.75. The van der Waals surface area contributed by atoms with Gasteiger partial charge in [0.1, 0.15) is 12.4 Å². The van der Waals surface area contributed by atoms with Crippen molar-refractivity contribution in [1.82, 2.24) is 5.32 Å². The Morgan fingerprint density at radius 2 is 2.00 bits per heavy atom. The summed E-state index contributed by atoms with van der Waals surface area (Å²) in [6.45, 7) is 3.63. The highest BCUT2D eigenvalue weighted by atomic mass is 79.9. The van der Waals surface area contributed by atoms with Crippen molar-refractivity contribution in [2.75, 3.05) is 0 Å². The third-order valence-corrected chi connectivity index (χ3v) is 4.27. The molecule has 1 saturated carbocycles. The Hall–Kier alpha value is -1.32. The molecule has 3 heteroatoms. The predicted molar refractivity (Wildman–Crippen MR) is 89.5 cm³/mol. The fraction of sp³-hybridized carbons (Fsp3) is 0.333. The van der Waals surface area contributed by atoms with Crippen molar-refractivity contribution >= 4 is 15.9 Å². The maximum absolute atomic E-state index is 5.90. The molecule has 0 saturated heterocycles. The Balaban J connectivity index is 1.59. The zero-order chi connectivity index (χ0) is 14.7. The van der Waals surface area contributed by atoms with Crippen molar-refractivity contribution in [2.45, 2.75) is 39.0 Å². The molecule has 1 aliphatic carbocycles. The molecule has 3 rings (SSSR count). The lowest BCUT2D eigenvalue weighted by Crippen LogP contribution is -2.15.